The van der Waals surface area contributed by atoms with E-state index in [1.165, 1.54) is 6.07 Å². The van der Waals surface area contributed by atoms with Crippen molar-refractivity contribution in [2.45, 2.75) is 20.4 Å². The fourth-order valence-corrected chi connectivity index (χ4v) is 2.47. The van der Waals surface area contributed by atoms with E-state index in [1.807, 2.05) is 14.1 Å². The van der Waals surface area contributed by atoms with Crippen molar-refractivity contribution in [3.8, 4) is 0 Å². The first kappa shape index (κ1) is 16.9. The molecule has 112 valence electrons. The lowest BCUT2D eigenvalue weighted by molar-refractivity contribution is -0.385. The maximum absolute atomic E-state index is 11.0. The summed E-state index contributed by atoms with van der Waals surface area (Å²) in [6.45, 7) is 6.52. The third-order valence-electron chi connectivity index (χ3n) is 2.91. The summed E-state index contributed by atoms with van der Waals surface area (Å²) in [7, 11) is 4.07. The van der Waals surface area contributed by atoms with E-state index in [0.717, 1.165) is 13.1 Å². The average molecular weight is 300 g/mol. The highest BCUT2D eigenvalue weighted by Gasteiger charge is 2.19. The molecule has 20 heavy (non-hydrogen) atoms. The first-order chi connectivity index (χ1) is 9.21. The Kier molecular flexibility index (Phi) is 5.92. The Morgan fingerprint density at radius 1 is 1.40 bits per heavy atom. The number of nitrogens with zero attached hydrogens (tertiary/aromatic N) is 2. The molecule has 0 saturated carbocycles. The topological polar surface area (TPSA) is 58.4 Å². The molecule has 1 aromatic rings. The summed E-state index contributed by atoms with van der Waals surface area (Å²) in [6.07, 6.45) is 0. The highest BCUT2D eigenvalue weighted by molar-refractivity contribution is 6.30. The molecule has 0 amide bonds. The van der Waals surface area contributed by atoms with Crippen molar-refractivity contribution in [1.82, 2.24) is 10.2 Å². The van der Waals surface area contributed by atoms with Crippen LogP contribution >= 0.6 is 11.6 Å². The van der Waals surface area contributed by atoms with Crippen molar-refractivity contribution in [3.63, 3.8) is 0 Å². The molecule has 0 bridgehead atoms. The molecule has 0 heterocycles. The Balaban J connectivity index is 2.64. The number of hydrogen-bond acceptors (Lipinski definition) is 4. The Bertz CT molecular complexity index is 475. The number of hydrogen-bond donors (Lipinski definition) is 1. The van der Waals surface area contributed by atoms with Crippen LogP contribution in [0.5, 0.6) is 0 Å². The second kappa shape index (κ2) is 7.02. The van der Waals surface area contributed by atoms with Gasteiger partial charge in [0.1, 0.15) is 0 Å². The van der Waals surface area contributed by atoms with E-state index in [0.29, 0.717) is 17.1 Å². The number of nitro benzene ring substituents is 1. The van der Waals surface area contributed by atoms with Gasteiger partial charge in [-0.05, 0) is 31.6 Å². The second-order valence-corrected chi connectivity index (χ2v) is 6.47. The zero-order valence-corrected chi connectivity index (χ0v) is 13.2. The summed E-state index contributed by atoms with van der Waals surface area (Å²) in [6, 6.07) is 4.77. The fourth-order valence-electron chi connectivity index (χ4n) is 2.30. The predicted molar refractivity (Wildman–Crippen MR) is 82.1 cm³/mol. The smallest absolute Gasteiger partial charge is 0.275 e. The van der Waals surface area contributed by atoms with Gasteiger partial charge in [0.05, 0.1) is 4.92 Å². The lowest BCUT2D eigenvalue weighted by Crippen LogP contribution is -2.37. The number of nitrogens with one attached hydrogen (secondary N) is 1. The molecule has 0 aromatic heterocycles. The van der Waals surface area contributed by atoms with Gasteiger partial charge in [-0.2, -0.15) is 0 Å². The third kappa shape index (κ3) is 5.45. The number of halogens is 1. The molecule has 0 aliphatic heterocycles. The fraction of sp³-hybridized carbons (Fsp3) is 0.571. The molecule has 0 aliphatic rings. The van der Waals surface area contributed by atoms with Crippen LogP contribution in [0.25, 0.3) is 0 Å². The normalized spacial score (nSPS) is 11.9. The van der Waals surface area contributed by atoms with Crippen molar-refractivity contribution in [2.24, 2.45) is 5.41 Å². The van der Waals surface area contributed by atoms with Gasteiger partial charge in [-0.25, -0.2) is 0 Å². The van der Waals surface area contributed by atoms with Crippen molar-refractivity contribution in [2.75, 3.05) is 27.2 Å². The van der Waals surface area contributed by atoms with E-state index in [9.17, 15) is 10.1 Å². The minimum atomic E-state index is -0.395. The molecular weight excluding hydrogens is 278 g/mol. The van der Waals surface area contributed by atoms with Gasteiger partial charge in [0.2, 0.25) is 0 Å². The van der Waals surface area contributed by atoms with Crippen LogP contribution in [0, 0.1) is 15.5 Å². The quantitative estimate of drug-likeness (QED) is 0.621. The summed E-state index contributed by atoms with van der Waals surface area (Å²) in [5.41, 5.74) is 0.820. The molecule has 0 unspecified atom stereocenters. The zero-order valence-electron chi connectivity index (χ0n) is 12.4. The highest BCUT2D eigenvalue weighted by Crippen LogP contribution is 2.23. The second-order valence-electron chi connectivity index (χ2n) is 6.04. The first-order valence-corrected chi connectivity index (χ1v) is 6.87. The van der Waals surface area contributed by atoms with Crippen LogP contribution < -0.4 is 5.32 Å². The van der Waals surface area contributed by atoms with Gasteiger partial charge in [-0.1, -0.05) is 25.4 Å². The molecule has 0 radical (unpaired) electrons. The van der Waals surface area contributed by atoms with Gasteiger partial charge in [0.25, 0.3) is 5.69 Å². The molecule has 0 fully saturated rings. The van der Waals surface area contributed by atoms with Crippen molar-refractivity contribution in [1.29, 1.82) is 0 Å². The first-order valence-electron chi connectivity index (χ1n) is 6.49. The molecule has 1 N–H and O–H groups in total. The zero-order chi connectivity index (χ0) is 15.3. The summed E-state index contributed by atoms with van der Waals surface area (Å²) in [4.78, 5) is 12.7. The Morgan fingerprint density at radius 3 is 2.60 bits per heavy atom. The van der Waals surface area contributed by atoms with E-state index in [-0.39, 0.29) is 11.1 Å². The van der Waals surface area contributed by atoms with Gasteiger partial charge >= 0.3 is 0 Å². The Morgan fingerprint density at radius 2 is 2.05 bits per heavy atom. The van der Waals surface area contributed by atoms with Crippen LogP contribution in [0.2, 0.25) is 5.02 Å². The maximum atomic E-state index is 11.0. The van der Waals surface area contributed by atoms with Crippen LogP contribution in [0.15, 0.2) is 18.2 Å². The summed E-state index contributed by atoms with van der Waals surface area (Å²) < 4.78 is 0. The minimum Gasteiger partial charge on any atom is -0.312 e. The van der Waals surface area contributed by atoms with E-state index < -0.39 is 4.92 Å². The molecule has 1 aromatic carbocycles. The van der Waals surface area contributed by atoms with Gasteiger partial charge in [0, 0.05) is 36.3 Å². The molecule has 0 atom stereocenters. The molecule has 0 saturated heterocycles. The number of benzene rings is 1. The lowest BCUT2D eigenvalue weighted by atomic mass is 9.93. The third-order valence-corrected chi connectivity index (χ3v) is 3.14. The van der Waals surface area contributed by atoms with Crippen LogP contribution in [0.1, 0.15) is 19.4 Å². The molecule has 6 heteroatoms. The van der Waals surface area contributed by atoms with Crippen LogP contribution in [0.3, 0.4) is 0 Å². The molecular formula is C14H22ClN3O2. The summed E-state index contributed by atoms with van der Waals surface area (Å²) >= 11 is 5.79. The molecule has 0 aliphatic carbocycles. The average Bonchev–Trinajstić information content (AvgIpc) is 2.28. The van der Waals surface area contributed by atoms with Gasteiger partial charge in [-0.3, -0.25) is 10.1 Å². The lowest BCUT2D eigenvalue weighted by Gasteiger charge is -2.28. The maximum Gasteiger partial charge on any atom is 0.275 e. The van der Waals surface area contributed by atoms with E-state index in [1.54, 1.807) is 12.1 Å². The molecule has 1 rings (SSSR count). The molecule has 0 spiro atoms. The van der Waals surface area contributed by atoms with Crippen LogP contribution in [-0.2, 0) is 6.54 Å². The van der Waals surface area contributed by atoms with Crippen LogP contribution in [0.4, 0.5) is 5.69 Å². The van der Waals surface area contributed by atoms with Crippen molar-refractivity contribution >= 4 is 17.3 Å². The predicted octanol–water partition coefficient (Wildman–Crippen LogP) is 2.93. The van der Waals surface area contributed by atoms with Gasteiger partial charge < -0.3 is 10.2 Å². The highest BCUT2D eigenvalue weighted by atomic mass is 35.5. The minimum absolute atomic E-state index is 0.0652. The standard InChI is InChI=1S/C14H22ClN3O2/c1-14(2,10-17(3)4)9-16-8-11-5-6-12(15)7-13(11)18(19)20/h5-7,16H,8-10H2,1-4H3. The number of rotatable bonds is 7. The van der Waals surface area contributed by atoms with Crippen molar-refractivity contribution < 1.29 is 4.92 Å². The van der Waals surface area contributed by atoms with Gasteiger partial charge in [-0.15, -0.1) is 0 Å². The summed E-state index contributed by atoms with van der Waals surface area (Å²) in [5, 5.41) is 14.7. The SMILES string of the molecule is CN(C)CC(C)(C)CNCc1ccc(Cl)cc1[N+](=O)[O-]. The molecule has 5 nitrogen and oxygen atoms in total. The Hall–Kier alpha value is -1.17. The largest absolute Gasteiger partial charge is 0.312 e. The van der Waals surface area contributed by atoms with E-state index in [4.69, 9.17) is 11.6 Å². The monoisotopic (exact) mass is 299 g/mol. The Labute approximate surface area is 125 Å². The number of nitro groups is 1. The van der Waals surface area contributed by atoms with Crippen LogP contribution in [-0.4, -0.2) is 37.0 Å². The summed E-state index contributed by atoms with van der Waals surface area (Å²) in [5.74, 6) is 0. The van der Waals surface area contributed by atoms with Crippen molar-refractivity contribution in [3.05, 3.63) is 38.9 Å². The van der Waals surface area contributed by atoms with Gasteiger partial charge in [0.15, 0.2) is 0 Å². The van der Waals surface area contributed by atoms with E-state index >= 15 is 0 Å². The van der Waals surface area contributed by atoms with E-state index in [2.05, 4.69) is 24.1 Å².